The lowest BCUT2D eigenvalue weighted by atomic mass is 9.98. The van der Waals surface area contributed by atoms with Gasteiger partial charge in [-0.05, 0) is 54.4 Å². The Morgan fingerprint density at radius 1 is 0.975 bits per heavy atom. The molecular formula is C23H40FN2O13P. The van der Waals surface area contributed by atoms with Crippen molar-refractivity contribution in [2.75, 3.05) is 34.4 Å². The number of hydrogen-bond acceptors (Lipinski definition) is 13. The van der Waals surface area contributed by atoms with E-state index >= 15 is 0 Å². The molecule has 0 amide bonds. The summed E-state index contributed by atoms with van der Waals surface area (Å²) >= 11 is 0. The van der Waals surface area contributed by atoms with Crippen molar-refractivity contribution < 1.29 is 56.5 Å². The average molecular weight is 603 g/mol. The van der Waals surface area contributed by atoms with Crippen LogP contribution >= 0.6 is 7.82 Å². The Bertz CT molecular complexity index is 1070. The highest BCUT2D eigenvalue weighted by molar-refractivity contribution is 7.48. The van der Waals surface area contributed by atoms with Crippen LogP contribution in [0.25, 0.3) is 0 Å². The van der Waals surface area contributed by atoms with E-state index in [1.165, 1.54) is 0 Å². The van der Waals surface area contributed by atoms with E-state index in [-0.39, 0.29) is 19.4 Å². The molecule has 2 atom stereocenters. The number of hydrogen-bond donors (Lipinski definition) is 3. The Kier molecular flexibility index (Phi) is 15.7. The molecule has 0 aromatic carbocycles. The van der Waals surface area contributed by atoms with Crippen LogP contribution in [0.3, 0.4) is 0 Å². The monoisotopic (exact) mass is 602 g/mol. The van der Waals surface area contributed by atoms with Crippen molar-refractivity contribution in [1.29, 1.82) is 0 Å². The molecule has 0 radical (unpaired) electrons. The van der Waals surface area contributed by atoms with Gasteiger partial charge in [0.1, 0.15) is 6.23 Å². The van der Waals surface area contributed by atoms with Crippen molar-refractivity contribution in [3.8, 4) is 0 Å². The SMILES string of the molecule is CC(C)(C)C(=O)OCOP(=O)(OCOC(=O)C(C)(C)C)OCC1CCC(n2c(F)cc(=O)[nH]c2=O)O1.CO.CO. The standard InChI is InChI=1S/C21H32FN2O11P.2CH4O/c1-20(2,3)17(26)30-11-33-36(29,34-12-31-18(27)21(4,5)6)32-10-13-7-8-16(35-13)24-14(22)9-15(25)23-19(24)28;2*1-2/h9,13,16H,7-8,10-12H2,1-6H3,(H,23,25,28);2*2H,1H3. The first-order valence-corrected chi connectivity index (χ1v) is 13.4. The molecule has 1 aliphatic heterocycles. The van der Waals surface area contributed by atoms with E-state index in [0.29, 0.717) is 10.6 Å². The third-order valence-corrected chi connectivity index (χ3v) is 6.06. The Hall–Kier alpha value is -2.46. The summed E-state index contributed by atoms with van der Waals surface area (Å²) in [6, 6.07) is 0.613. The number of H-pyrrole nitrogens is 1. The van der Waals surface area contributed by atoms with Gasteiger partial charge in [-0.15, -0.1) is 0 Å². The minimum atomic E-state index is -4.43. The average Bonchev–Trinajstić information content (AvgIpc) is 3.32. The molecule has 1 aromatic rings. The minimum absolute atomic E-state index is 0.190. The molecule has 0 bridgehead atoms. The summed E-state index contributed by atoms with van der Waals surface area (Å²) in [5.74, 6) is -2.35. The number of aliphatic hydroxyl groups is 2. The van der Waals surface area contributed by atoms with E-state index in [1.807, 2.05) is 4.98 Å². The molecule has 3 N–H and O–H groups in total. The number of carbonyl (C=O) groups excluding carboxylic acids is 2. The van der Waals surface area contributed by atoms with Gasteiger partial charge in [0.05, 0.1) is 29.6 Å². The van der Waals surface area contributed by atoms with Crippen molar-refractivity contribution >= 4 is 19.8 Å². The van der Waals surface area contributed by atoms with E-state index in [4.69, 9.17) is 38.0 Å². The fourth-order valence-corrected chi connectivity index (χ4v) is 3.69. The Labute approximate surface area is 231 Å². The molecule has 0 saturated carbocycles. The molecule has 232 valence electrons. The molecular weight excluding hydrogens is 562 g/mol. The molecule has 2 heterocycles. The first-order chi connectivity index (χ1) is 18.5. The van der Waals surface area contributed by atoms with Crippen molar-refractivity contribution in [3.05, 3.63) is 32.9 Å². The number of aromatic nitrogens is 2. The third kappa shape index (κ3) is 12.4. The summed E-state index contributed by atoms with van der Waals surface area (Å²) in [7, 11) is -2.43. The largest absolute Gasteiger partial charge is 0.480 e. The first-order valence-electron chi connectivity index (χ1n) is 12.0. The molecule has 15 nitrogen and oxygen atoms in total. The van der Waals surface area contributed by atoms with Gasteiger partial charge in [-0.1, -0.05) is 0 Å². The second-order valence-electron chi connectivity index (χ2n) is 10.0. The van der Waals surface area contributed by atoms with Gasteiger partial charge in [-0.2, -0.15) is 4.39 Å². The van der Waals surface area contributed by atoms with Gasteiger partial charge in [0, 0.05) is 14.2 Å². The number of halogens is 1. The summed E-state index contributed by atoms with van der Waals surface area (Å²) < 4.78 is 58.6. The number of nitrogens with zero attached hydrogens (tertiary/aromatic N) is 1. The topological polar surface area (TPSA) is 202 Å². The maximum atomic E-state index is 14.1. The molecule has 40 heavy (non-hydrogen) atoms. The molecule has 1 fully saturated rings. The molecule has 2 rings (SSSR count). The Morgan fingerprint density at radius 3 is 1.88 bits per heavy atom. The molecule has 1 aliphatic rings. The van der Waals surface area contributed by atoms with E-state index < -0.39 is 73.7 Å². The van der Waals surface area contributed by atoms with Crippen molar-refractivity contribution in [1.82, 2.24) is 9.55 Å². The summed E-state index contributed by atoms with van der Waals surface area (Å²) in [5.41, 5.74) is -3.57. The number of nitrogens with one attached hydrogen (secondary N) is 1. The summed E-state index contributed by atoms with van der Waals surface area (Å²) in [6.07, 6.45) is -1.34. The van der Waals surface area contributed by atoms with Crippen molar-refractivity contribution in [3.63, 3.8) is 0 Å². The second-order valence-corrected chi connectivity index (χ2v) is 11.7. The molecule has 1 saturated heterocycles. The number of ether oxygens (including phenoxy) is 3. The van der Waals surface area contributed by atoms with Gasteiger partial charge in [-0.25, -0.2) is 23.0 Å². The van der Waals surface area contributed by atoms with Gasteiger partial charge in [0.25, 0.3) is 5.56 Å². The van der Waals surface area contributed by atoms with Crippen LogP contribution in [0.4, 0.5) is 4.39 Å². The number of phosphoric ester groups is 1. The van der Waals surface area contributed by atoms with Crippen molar-refractivity contribution in [2.24, 2.45) is 10.8 Å². The summed E-state index contributed by atoms with van der Waals surface area (Å²) in [5, 5.41) is 14.0. The van der Waals surface area contributed by atoms with E-state index in [1.54, 1.807) is 41.5 Å². The van der Waals surface area contributed by atoms with Crippen molar-refractivity contribution in [2.45, 2.75) is 66.7 Å². The zero-order valence-electron chi connectivity index (χ0n) is 23.9. The lowest BCUT2D eigenvalue weighted by Crippen LogP contribution is -2.34. The predicted octanol–water partition coefficient (Wildman–Crippen LogP) is 1.82. The van der Waals surface area contributed by atoms with Crippen LogP contribution in [0.2, 0.25) is 0 Å². The molecule has 17 heteroatoms. The van der Waals surface area contributed by atoms with Gasteiger partial charge in [0.15, 0.2) is 0 Å². The zero-order chi connectivity index (χ0) is 31.3. The highest BCUT2D eigenvalue weighted by atomic mass is 31.2. The van der Waals surface area contributed by atoms with Gasteiger partial charge in [-0.3, -0.25) is 23.9 Å². The maximum Gasteiger partial charge on any atom is 0.480 e. The number of rotatable bonds is 10. The predicted molar refractivity (Wildman–Crippen MR) is 137 cm³/mol. The summed E-state index contributed by atoms with van der Waals surface area (Å²) in [6.45, 7) is 7.73. The van der Waals surface area contributed by atoms with Crippen LogP contribution in [-0.4, -0.2) is 72.2 Å². The number of phosphoric acid groups is 1. The highest BCUT2D eigenvalue weighted by Crippen LogP contribution is 2.50. The first kappa shape index (κ1) is 37.5. The molecule has 0 aliphatic carbocycles. The number of esters is 2. The minimum Gasteiger partial charge on any atom is -0.437 e. The normalized spacial score (nSPS) is 17.2. The van der Waals surface area contributed by atoms with Crippen LogP contribution in [0.5, 0.6) is 0 Å². The summed E-state index contributed by atoms with van der Waals surface area (Å²) in [4.78, 5) is 49.0. The zero-order valence-corrected chi connectivity index (χ0v) is 24.8. The number of carbonyl (C=O) groups is 2. The second kappa shape index (κ2) is 16.7. The van der Waals surface area contributed by atoms with Crippen LogP contribution in [0.1, 0.15) is 60.6 Å². The van der Waals surface area contributed by atoms with E-state index in [2.05, 4.69) is 0 Å². The maximum absolute atomic E-state index is 14.1. The van der Waals surface area contributed by atoms with Gasteiger partial charge >= 0.3 is 25.5 Å². The van der Waals surface area contributed by atoms with Crippen LogP contribution in [0, 0.1) is 16.8 Å². The van der Waals surface area contributed by atoms with Gasteiger partial charge < -0.3 is 24.4 Å². The Balaban J connectivity index is 0.00000363. The molecule has 2 unspecified atom stereocenters. The number of aromatic amines is 1. The lowest BCUT2D eigenvalue weighted by molar-refractivity contribution is -0.163. The van der Waals surface area contributed by atoms with Crippen LogP contribution < -0.4 is 11.2 Å². The Morgan fingerprint density at radius 2 is 1.45 bits per heavy atom. The lowest BCUT2D eigenvalue weighted by Gasteiger charge is -2.22. The fraction of sp³-hybridized carbons (Fsp3) is 0.739. The van der Waals surface area contributed by atoms with E-state index in [9.17, 15) is 28.1 Å². The third-order valence-electron chi connectivity index (χ3n) is 4.75. The smallest absolute Gasteiger partial charge is 0.437 e. The van der Waals surface area contributed by atoms with E-state index in [0.717, 1.165) is 14.2 Å². The fourth-order valence-electron chi connectivity index (χ4n) is 2.75. The highest BCUT2D eigenvalue weighted by Gasteiger charge is 2.35. The number of aliphatic hydroxyl groups excluding tert-OH is 2. The molecule has 0 spiro atoms. The van der Waals surface area contributed by atoms with Gasteiger partial charge in [0.2, 0.25) is 19.5 Å². The quantitative estimate of drug-likeness (QED) is 0.152. The van der Waals surface area contributed by atoms with Crippen LogP contribution in [0.15, 0.2) is 15.7 Å². The van der Waals surface area contributed by atoms with Crippen LogP contribution in [-0.2, 0) is 41.9 Å². The molecule has 1 aromatic heterocycles.